The molecule has 1 amide bonds. The van der Waals surface area contributed by atoms with Crippen molar-refractivity contribution in [3.8, 4) is 11.5 Å². The van der Waals surface area contributed by atoms with Gasteiger partial charge in [0.05, 0.1) is 10.7 Å². The predicted molar refractivity (Wildman–Crippen MR) is 101 cm³/mol. The number of anilines is 1. The summed E-state index contributed by atoms with van der Waals surface area (Å²) < 4.78 is 10.6. The zero-order chi connectivity index (χ0) is 17.9. The average Bonchev–Trinajstić information content (AvgIpc) is 3.10. The lowest BCUT2D eigenvalue weighted by Crippen LogP contribution is -2.14. The Kier molecular flexibility index (Phi) is 4.50. The zero-order valence-electron chi connectivity index (χ0n) is 13.9. The van der Waals surface area contributed by atoms with Gasteiger partial charge in [-0.05, 0) is 23.6 Å². The number of amides is 1. The minimum Gasteiger partial charge on any atom is -0.454 e. The van der Waals surface area contributed by atoms with E-state index in [4.69, 9.17) is 21.1 Å². The highest BCUT2D eigenvalue weighted by atomic mass is 35.5. The molecule has 1 heterocycles. The summed E-state index contributed by atoms with van der Waals surface area (Å²) >= 11 is 6.26. The van der Waals surface area contributed by atoms with E-state index in [9.17, 15) is 4.79 Å². The van der Waals surface area contributed by atoms with Crippen molar-refractivity contribution in [2.75, 3.05) is 12.1 Å². The van der Waals surface area contributed by atoms with E-state index in [1.54, 1.807) is 12.1 Å². The standard InChI is InChI=1S/C21H16ClNO3/c22-17-11-19-20(26-13-25-19)12-18(17)23-21(24)16-9-5-4-8-15(16)10-14-6-2-1-3-7-14/h1-9,11-12H,10,13H2,(H,23,24). The Bertz CT molecular complexity index is 957. The van der Waals surface area contributed by atoms with Crippen LogP contribution in [-0.2, 0) is 6.42 Å². The molecule has 0 aliphatic carbocycles. The van der Waals surface area contributed by atoms with Crippen LogP contribution in [0.25, 0.3) is 0 Å². The Labute approximate surface area is 156 Å². The minimum absolute atomic E-state index is 0.156. The molecule has 26 heavy (non-hydrogen) atoms. The molecular formula is C21H16ClNO3. The Morgan fingerprint density at radius 3 is 2.46 bits per heavy atom. The normalized spacial score (nSPS) is 12.0. The van der Waals surface area contributed by atoms with Gasteiger partial charge in [-0.3, -0.25) is 4.79 Å². The van der Waals surface area contributed by atoms with Crippen LogP contribution in [-0.4, -0.2) is 12.7 Å². The SMILES string of the molecule is O=C(Nc1cc2c(cc1Cl)OCO2)c1ccccc1Cc1ccccc1. The van der Waals surface area contributed by atoms with Crippen molar-refractivity contribution in [2.24, 2.45) is 0 Å². The van der Waals surface area contributed by atoms with Crippen molar-refractivity contribution in [2.45, 2.75) is 6.42 Å². The second kappa shape index (κ2) is 7.10. The zero-order valence-corrected chi connectivity index (χ0v) is 14.6. The van der Waals surface area contributed by atoms with Gasteiger partial charge in [-0.1, -0.05) is 60.1 Å². The molecule has 1 N–H and O–H groups in total. The maximum atomic E-state index is 12.8. The van der Waals surface area contributed by atoms with Crippen molar-refractivity contribution in [1.82, 2.24) is 0 Å². The molecule has 0 saturated heterocycles. The molecule has 130 valence electrons. The van der Waals surface area contributed by atoms with Crippen LogP contribution in [0.4, 0.5) is 5.69 Å². The number of rotatable bonds is 4. The van der Waals surface area contributed by atoms with E-state index in [1.165, 1.54) is 0 Å². The third kappa shape index (κ3) is 3.37. The lowest BCUT2D eigenvalue weighted by atomic mass is 9.99. The minimum atomic E-state index is -0.211. The largest absolute Gasteiger partial charge is 0.454 e. The maximum absolute atomic E-state index is 12.8. The molecule has 0 fully saturated rings. The number of hydrogen-bond acceptors (Lipinski definition) is 3. The summed E-state index contributed by atoms with van der Waals surface area (Å²) in [5, 5.41) is 3.28. The van der Waals surface area contributed by atoms with Gasteiger partial charge in [0, 0.05) is 17.7 Å². The van der Waals surface area contributed by atoms with Gasteiger partial charge in [0.2, 0.25) is 6.79 Å². The fraction of sp³-hybridized carbons (Fsp3) is 0.0952. The first-order valence-electron chi connectivity index (χ1n) is 8.23. The van der Waals surface area contributed by atoms with E-state index < -0.39 is 0 Å². The third-order valence-electron chi connectivity index (χ3n) is 4.21. The molecule has 0 bridgehead atoms. The summed E-state index contributed by atoms with van der Waals surface area (Å²) in [6, 6.07) is 20.9. The molecule has 3 aromatic carbocycles. The highest BCUT2D eigenvalue weighted by molar-refractivity contribution is 6.34. The van der Waals surface area contributed by atoms with Crippen molar-refractivity contribution in [3.63, 3.8) is 0 Å². The quantitative estimate of drug-likeness (QED) is 0.714. The van der Waals surface area contributed by atoms with Gasteiger partial charge < -0.3 is 14.8 Å². The van der Waals surface area contributed by atoms with E-state index >= 15 is 0 Å². The van der Waals surface area contributed by atoms with E-state index in [1.807, 2.05) is 54.6 Å². The highest BCUT2D eigenvalue weighted by Gasteiger charge is 2.19. The van der Waals surface area contributed by atoms with Gasteiger partial charge in [0.15, 0.2) is 11.5 Å². The highest BCUT2D eigenvalue weighted by Crippen LogP contribution is 2.39. The van der Waals surface area contributed by atoms with Gasteiger partial charge in [-0.2, -0.15) is 0 Å². The van der Waals surface area contributed by atoms with E-state index in [2.05, 4.69) is 5.32 Å². The Morgan fingerprint density at radius 1 is 0.962 bits per heavy atom. The van der Waals surface area contributed by atoms with Gasteiger partial charge >= 0.3 is 0 Å². The van der Waals surface area contributed by atoms with Gasteiger partial charge in [-0.15, -0.1) is 0 Å². The van der Waals surface area contributed by atoms with Gasteiger partial charge in [-0.25, -0.2) is 0 Å². The van der Waals surface area contributed by atoms with Crippen molar-refractivity contribution in [1.29, 1.82) is 0 Å². The summed E-state index contributed by atoms with van der Waals surface area (Å²) in [6.07, 6.45) is 0.680. The van der Waals surface area contributed by atoms with Crippen LogP contribution in [0.1, 0.15) is 21.5 Å². The predicted octanol–water partition coefficient (Wildman–Crippen LogP) is 4.91. The van der Waals surface area contributed by atoms with Crippen molar-refractivity contribution in [3.05, 3.63) is 88.4 Å². The summed E-state index contributed by atoms with van der Waals surface area (Å²) in [6.45, 7) is 0.156. The molecule has 4 rings (SSSR count). The number of fused-ring (bicyclic) bond motifs is 1. The third-order valence-corrected chi connectivity index (χ3v) is 4.52. The van der Waals surface area contributed by atoms with Gasteiger partial charge in [0.1, 0.15) is 0 Å². The molecule has 1 aliphatic rings. The number of hydrogen-bond donors (Lipinski definition) is 1. The Morgan fingerprint density at radius 2 is 1.65 bits per heavy atom. The molecule has 0 atom stereocenters. The fourth-order valence-electron chi connectivity index (χ4n) is 2.91. The number of halogens is 1. The van der Waals surface area contributed by atoms with Crippen LogP contribution in [0.15, 0.2) is 66.7 Å². The number of ether oxygens (including phenoxy) is 2. The van der Waals surface area contributed by atoms with Crippen LogP contribution in [0.3, 0.4) is 0 Å². The molecular weight excluding hydrogens is 350 g/mol. The number of carbonyl (C=O) groups excluding carboxylic acids is 1. The van der Waals surface area contributed by atoms with E-state index in [0.717, 1.165) is 11.1 Å². The van der Waals surface area contributed by atoms with Crippen LogP contribution < -0.4 is 14.8 Å². The van der Waals surface area contributed by atoms with Crippen molar-refractivity contribution < 1.29 is 14.3 Å². The molecule has 5 heteroatoms. The number of benzene rings is 3. The molecule has 1 aliphatic heterocycles. The number of nitrogens with one attached hydrogen (secondary N) is 1. The Balaban J connectivity index is 1.59. The lowest BCUT2D eigenvalue weighted by molar-refractivity contribution is 0.102. The first-order chi connectivity index (χ1) is 12.7. The average molecular weight is 366 g/mol. The molecule has 0 radical (unpaired) electrons. The van der Waals surface area contributed by atoms with Crippen LogP contribution in [0.5, 0.6) is 11.5 Å². The second-order valence-electron chi connectivity index (χ2n) is 5.96. The monoisotopic (exact) mass is 365 g/mol. The molecule has 3 aromatic rings. The first kappa shape index (κ1) is 16.5. The van der Waals surface area contributed by atoms with Crippen molar-refractivity contribution >= 4 is 23.2 Å². The molecule has 0 saturated carbocycles. The maximum Gasteiger partial charge on any atom is 0.255 e. The lowest BCUT2D eigenvalue weighted by Gasteiger charge is -2.12. The summed E-state index contributed by atoms with van der Waals surface area (Å²) in [7, 11) is 0. The molecule has 0 aromatic heterocycles. The molecule has 0 unspecified atom stereocenters. The smallest absolute Gasteiger partial charge is 0.255 e. The summed E-state index contributed by atoms with van der Waals surface area (Å²) in [5.74, 6) is 0.942. The van der Waals surface area contributed by atoms with E-state index in [-0.39, 0.29) is 12.7 Å². The van der Waals surface area contributed by atoms with Crippen LogP contribution in [0, 0.1) is 0 Å². The van der Waals surface area contributed by atoms with Crippen LogP contribution in [0.2, 0.25) is 5.02 Å². The van der Waals surface area contributed by atoms with Gasteiger partial charge in [0.25, 0.3) is 5.91 Å². The number of carbonyl (C=O) groups is 1. The topological polar surface area (TPSA) is 47.6 Å². The Hall–Kier alpha value is -2.98. The summed E-state index contributed by atoms with van der Waals surface area (Å²) in [4.78, 5) is 12.8. The molecule has 4 nitrogen and oxygen atoms in total. The second-order valence-corrected chi connectivity index (χ2v) is 6.37. The first-order valence-corrected chi connectivity index (χ1v) is 8.61. The van der Waals surface area contributed by atoms with Crippen LogP contribution >= 0.6 is 11.6 Å². The summed E-state index contributed by atoms with van der Waals surface area (Å²) in [5.41, 5.74) is 3.21. The fourth-order valence-corrected chi connectivity index (χ4v) is 3.12. The van der Waals surface area contributed by atoms with E-state index in [0.29, 0.717) is 34.2 Å². The molecule has 0 spiro atoms.